The molecule has 0 aliphatic carbocycles. The first-order valence-corrected chi connectivity index (χ1v) is 14.0. The first kappa shape index (κ1) is 28.7. The first-order chi connectivity index (χ1) is 19.3. The maximum Gasteiger partial charge on any atom is 0.275 e. The number of amidine groups is 1. The van der Waals surface area contributed by atoms with E-state index in [2.05, 4.69) is 35.3 Å². The van der Waals surface area contributed by atoms with E-state index < -0.39 is 0 Å². The Hall–Kier alpha value is -4.33. The highest BCUT2D eigenvalue weighted by atomic mass is 16.2. The highest BCUT2D eigenvalue weighted by Crippen LogP contribution is 2.33. The summed E-state index contributed by atoms with van der Waals surface area (Å²) in [5.74, 6) is 0.234. The minimum Gasteiger partial charge on any atom is -0.387 e. The second kappa shape index (κ2) is 13.2. The number of amides is 1. The van der Waals surface area contributed by atoms with Gasteiger partial charge in [-0.2, -0.15) is 5.10 Å². The summed E-state index contributed by atoms with van der Waals surface area (Å²) in [4.78, 5) is 42.7. The predicted molar refractivity (Wildman–Crippen MR) is 162 cm³/mol. The molecule has 0 atom stereocenters. The summed E-state index contributed by atoms with van der Waals surface area (Å²) in [7, 11) is 0. The number of benzene rings is 2. The van der Waals surface area contributed by atoms with Crippen LogP contribution in [0.3, 0.4) is 0 Å². The average molecular weight is 540 g/mol. The summed E-state index contributed by atoms with van der Waals surface area (Å²) in [6.45, 7) is 6.46. The Morgan fingerprint density at radius 2 is 1.85 bits per heavy atom. The van der Waals surface area contributed by atoms with Crippen molar-refractivity contribution in [2.45, 2.75) is 65.8 Å². The van der Waals surface area contributed by atoms with Crippen molar-refractivity contribution in [1.29, 1.82) is 0 Å². The number of carbonyl (C=O) groups excluding carboxylic acids is 2. The Bertz CT molecular complexity index is 1580. The third-order valence-electron chi connectivity index (χ3n) is 6.89. The van der Waals surface area contributed by atoms with Crippen LogP contribution in [-0.4, -0.2) is 33.9 Å². The lowest BCUT2D eigenvalue weighted by Crippen LogP contribution is -2.33. The van der Waals surface area contributed by atoms with Gasteiger partial charge in [0.15, 0.2) is 5.78 Å². The van der Waals surface area contributed by atoms with Gasteiger partial charge in [0.25, 0.3) is 5.56 Å². The number of fused-ring (bicyclic) bond motifs is 2. The number of nitrogens with two attached hydrogens (primary N) is 1. The van der Waals surface area contributed by atoms with E-state index in [-0.39, 0.29) is 23.8 Å². The Labute approximate surface area is 234 Å². The number of nitrogens with zero attached hydrogens (tertiary/aromatic N) is 3. The molecule has 1 aromatic heterocycles. The Morgan fingerprint density at radius 3 is 2.60 bits per heavy atom. The molecule has 2 aromatic carbocycles. The molecule has 0 bridgehead atoms. The lowest BCUT2D eigenvalue weighted by Gasteiger charge is -2.09. The average Bonchev–Trinajstić information content (AvgIpc) is 3.10. The van der Waals surface area contributed by atoms with Crippen LogP contribution in [0.2, 0.25) is 0 Å². The van der Waals surface area contributed by atoms with Crippen molar-refractivity contribution >= 4 is 40.1 Å². The number of carbonyl (C=O) groups is 2. The summed E-state index contributed by atoms with van der Waals surface area (Å²) in [6, 6.07) is 11.4. The number of allylic oxidation sites excluding steroid dienone is 2. The van der Waals surface area contributed by atoms with Crippen LogP contribution in [0.5, 0.6) is 0 Å². The van der Waals surface area contributed by atoms with Gasteiger partial charge in [-0.15, -0.1) is 0 Å². The van der Waals surface area contributed by atoms with Crippen LogP contribution >= 0.6 is 0 Å². The summed E-state index contributed by atoms with van der Waals surface area (Å²) in [6.07, 6.45) is 10.4. The maximum atomic E-state index is 13.2. The van der Waals surface area contributed by atoms with Gasteiger partial charge < -0.3 is 11.1 Å². The van der Waals surface area contributed by atoms with Gasteiger partial charge >= 0.3 is 0 Å². The van der Waals surface area contributed by atoms with E-state index >= 15 is 0 Å². The number of nitrogens with one attached hydrogen (secondary N) is 1. The van der Waals surface area contributed by atoms with Crippen molar-refractivity contribution in [2.24, 2.45) is 10.7 Å². The molecule has 0 radical (unpaired) electrons. The summed E-state index contributed by atoms with van der Waals surface area (Å²) >= 11 is 0. The van der Waals surface area contributed by atoms with Crippen molar-refractivity contribution in [1.82, 2.24) is 15.1 Å². The van der Waals surface area contributed by atoms with Crippen molar-refractivity contribution in [3.05, 3.63) is 75.7 Å². The van der Waals surface area contributed by atoms with Gasteiger partial charge in [0.1, 0.15) is 12.4 Å². The minimum atomic E-state index is -0.316. The quantitative estimate of drug-likeness (QED) is 0.314. The number of aliphatic imine (C=N–C) groups is 1. The number of likely N-dealkylation sites (N-methyl/N-ethyl adjacent to an activating group) is 1. The molecule has 1 amide bonds. The van der Waals surface area contributed by atoms with Crippen LogP contribution in [0.1, 0.15) is 64.9 Å². The zero-order chi connectivity index (χ0) is 28.6. The normalized spacial score (nSPS) is 13.3. The van der Waals surface area contributed by atoms with Crippen LogP contribution in [0.4, 0.5) is 5.69 Å². The smallest absolute Gasteiger partial charge is 0.275 e. The summed E-state index contributed by atoms with van der Waals surface area (Å²) in [5, 5.41) is 8.04. The molecule has 0 saturated heterocycles. The van der Waals surface area contributed by atoms with E-state index in [1.807, 2.05) is 43.3 Å². The standard InChI is InChI=1S/C32H37N5O3/c1-4-7-9-21(8-5-2)14-29(38)25-16-24-11-10-23(17-28(24)36-30(33)18-25)22-12-13-27-26(15-22)19-35-37(32(27)40)20-31(39)34-6-3/h9-13,15-17,19H,4-8,14,18,20H2,1-3H3,(H2,33,36)(H,34,39)/b21-9+. The number of Topliss-reactive ketones (excluding diaryl/α,β-unsaturated/α-hetero) is 1. The van der Waals surface area contributed by atoms with Crippen LogP contribution in [0.15, 0.2) is 69.6 Å². The molecule has 4 rings (SSSR count). The molecule has 0 saturated carbocycles. The highest BCUT2D eigenvalue weighted by Gasteiger charge is 2.18. The SMILES string of the molecule is CCC/C=C(\CCC)CC(=O)C1=Cc2ccc(-c3ccc4c(=O)n(CC(=O)NCC)ncc4c3)cc2N=C(N)C1. The Kier molecular flexibility index (Phi) is 9.43. The summed E-state index contributed by atoms with van der Waals surface area (Å²) in [5.41, 5.74) is 11.1. The van der Waals surface area contributed by atoms with E-state index in [1.165, 1.54) is 10.3 Å². The predicted octanol–water partition coefficient (Wildman–Crippen LogP) is 5.46. The number of unbranched alkanes of at least 4 members (excludes halogenated alkanes) is 1. The molecule has 0 fully saturated rings. The monoisotopic (exact) mass is 539 g/mol. The second-order valence-corrected chi connectivity index (χ2v) is 10.1. The van der Waals surface area contributed by atoms with Crippen LogP contribution in [-0.2, 0) is 16.1 Å². The lowest BCUT2D eigenvalue weighted by atomic mass is 9.95. The number of ketones is 1. The van der Waals surface area contributed by atoms with E-state index in [4.69, 9.17) is 5.73 Å². The van der Waals surface area contributed by atoms with Gasteiger partial charge in [-0.1, -0.05) is 56.5 Å². The van der Waals surface area contributed by atoms with E-state index in [0.29, 0.717) is 47.3 Å². The molecule has 3 aromatic rings. The van der Waals surface area contributed by atoms with Crippen molar-refractivity contribution in [2.75, 3.05) is 6.54 Å². The third kappa shape index (κ3) is 6.81. The van der Waals surface area contributed by atoms with Gasteiger partial charge in [-0.3, -0.25) is 14.4 Å². The third-order valence-corrected chi connectivity index (χ3v) is 6.89. The van der Waals surface area contributed by atoms with Gasteiger partial charge in [-0.05, 0) is 55.2 Å². The number of hydrogen-bond acceptors (Lipinski definition) is 6. The lowest BCUT2D eigenvalue weighted by molar-refractivity contribution is -0.121. The molecule has 8 heteroatoms. The van der Waals surface area contributed by atoms with Gasteiger partial charge in [0.05, 0.1) is 17.3 Å². The zero-order valence-electron chi connectivity index (χ0n) is 23.5. The van der Waals surface area contributed by atoms with Crippen molar-refractivity contribution in [3.63, 3.8) is 0 Å². The van der Waals surface area contributed by atoms with E-state index in [1.54, 1.807) is 12.3 Å². The van der Waals surface area contributed by atoms with Crippen molar-refractivity contribution < 1.29 is 9.59 Å². The molecule has 2 heterocycles. The van der Waals surface area contributed by atoms with Gasteiger partial charge in [-0.25, -0.2) is 9.67 Å². The fraction of sp³-hybridized carbons (Fsp3) is 0.344. The highest BCUT2D eigenvalue weighted by molar-refractivity contribution is 6.07. The largest absolute Gasteiger partial charge is 0.387 e. The molecule has 208 valence electrons. The zero-order valence-corrected chi connectivity index (χ0v) is 23.5. The topological polar surface area (TPSA) is 119 Å². The molecule has 0 unspecified atom stereocenters. The molecule has 3 N–H and O–H groups in total. The van der Waals surface area contributed by atoms with Gasteiger partial charge in [0, 0.05) is 35.9 Å². The van der Waals surface area contributed by atoms with Crippen LogP contribution in [0, 0.1) is 0 Å². The molecule has 40 heavy (non-hydrogen) atoms. The summed E-state index contributed by atoms with van der Waals surface area (Å²) < 4.78 is 1.17. The molecular formula is C32H37N5O3. The molecule has 8 nitrogen and oxygen atoms in total. The number of aromatic nitrogens is 2. The Balaban J connectivity index is 1.62. The number of rotatable bonds is 11. The Morgan fingerprint density at radius 1 is 1.07 bits per heavy atom. The molecule has 0 spiro atoms. The fourth-order valence-corrected chi connectivity index (χ4v) is 4.87. The van der Waals surface area contributed by atoms with Crippen LogP contribution in [0.25, 0.3) is 28.0 Å². The van der Waals surface area contributed by atoms with E-state index in [0.717, 1.165) is 42.4 Å². The molecule has 1 aliphatic rings. The van der Waals surface area contributed by atoms with Gasteiger partial charge in [0.2, 0.25) is 5.91 Å². The number of hydrogen-bond donors (Lipinski definition) is 2. The fourth-order valence-electron chi connectivity index (χ4n) is 4.87. The second-order valence-electron chi connectivity index (χ2n) is 10.1. The minimum absolute atomic E-state index is 0.0886. The maximum absolute atomic E-state index is 13.2. The molecule has 1 aliphatic heterocycles. The first-order valence-electron chi connectivity index (χ1n) is 14.0. The molecular weight excluding hydrogens is 502 g/mol. The van der Waals surface area contributed by atoms with E-state index in [9.17, 15) is 14.4 Å². The van der Waals surface area contributed by atoms with Crippen molar-refractivity contribution in [3.8, 4) is 11.1 Å². The van der Waals surface area contributed by atoms with Crippen LogP contribution < -0.4 is 16.6 Å².